The molecule has 32 heavy (non-hydrogen) atoms. The number of halogens is 1. The number of benzene rings is 2. The molecule has 0 saturated carbocycles. The van der Waals surface area contributed by atoms with Gasteiger partial charge in [-0.25, -0.2) is 13.1 Å². The van der Waals surface area contributed by atoms with E-state index in [4.69, 9.17) is 11.6 Å². The number of pyridine rings is 1. The number of nitrogens with one attached hydrogen (secondary N) is 3. The van der Waals surface area contributed by atoms with Gasteiger partial charge in [-0.15, -0.1) is 0 Å². The molecule has 3 rings (SSSR count). The summed E-state index contributed by atoms with van der Waals surface area (Å²) < 4.78 is 27.1. The van der Waals surface area contributed by atoms with Crippen LogP contribution in [0.2, 0.25) is 5.02 Å². The molecule has 3 aromatic rings. The zero-order chi connectivity index (χ0) is 22.8. The fourth-order valence-corrected chi connectivity index (χ4v) is 4.23. The van der Waals surface area contributed by atoms with Crippen molar-refractivity contribution in [2.24, 2.45) is 0 Å². The summed E-state index contributed by atoms with van der Waals surface area (Å²) in [6.45, 7) is 0.284. The molecule has 0 bridgehead atoms. The molecule has 0 unspecified atom stereocenters. The summed E-state index contributed by atoms with van der Waals surface area (Å²) in [5, 5.41) is 6.68. The van der Waals surface area contributed by atoms with Crippen LogP contribution in [-0.2, 0) is 21.2 Å². The molecular formula is C23H25ClN4O3S. The zero-order valence-electron chi connectivity index (χ0n) is 17.4. The van der Waals surface area contributed by atoms with E-state index in [-0.39, 0.29) is 17.5 Å². The molecule has 3 N–H and O–H groups in total. The van der Waals surface area contributed by atoms with Crippen molar-refractivity contribution in [2.75, 3.05) is 18.4 Å². The number of carbonyl (C=O) groups is 1. The number of carbonyl (C=O) groups excluding carboxylic acids is 1. The predicted molar refractivity (Wildman–Crippen MR) is 126 cm³/mol. The number of hydrogen-bond donors (Lipinski definition) is 3. The summed E-state index contributed by atoms with van der Waals surface area (Å²) in [6, 6.07) is 19.2. The maximum Gasteiger partial charge on any atom is 0.241 e. The van der Waals surface area contributed by atoms with Gasteiger partial charge >= 0.3 is 0 Å². The first-order chi connectivity index (χ1) is 15.4. The van der Waals surface area contributed by atoms with Gasteiger partial charge in [0.2, 0.25) is 15.9 Å². The quantitative estimate of drug-likeness (QED) is 0.398. The molecule has 2 aromatic carbocycles. The van der Waals surface area contributed by atoms with E-state index in [0.717, 1.165) is 11.3 Å². The molecular weight excluding hydrogens is 448 g/mol. The van der Waals surface area contributed by atoms with Gasteiger partial charge in [0.05, 0.1) is 11.4 Å². The van der Waals surface area contributed by atoms with Crippen molar-refractivity contribution in [3.63, 3.8) is 0 Å². The van der Waals surface area contributed by atoms with Crippen molar-refractivity contribution in [1.29, 1.82) is 0 Å². The van der Waals surface area contributed by atoms with Crippen molar-refractivity contribution in [2.45, 2.75) is 23.8 Å². The first-order valence-corrected chi connectivity index (χ1v) is 12.0. The van der Waals surface area contributed by atoms with Crippen LogP contribution in [-0.4, -0.2) is 38.4 Å². The molecule has 1 atom stereocenters. The van der Waals surface area contributed by atoms with Crippen LogP contribution in [0.4, 0.5) is 5.69 Å². The lowest BCUT2D eigenvalue weighted by atomic mass is 10.0. The Morgan fingerprint density at radius 2 is 1.66 bits per heavy atom. The molecule has 0 aliphatic heterocycles. The lowest BCUT2D eigenvalue weighted by Gasteiger charge is -2.20. The molecule has 0 saturated heterocycles. The lowest BCUT2D eigenvalue weighted by Crippen LogP contribution is -2.43. The topological polar surface area (TPSA) is 100 Å². The second-order valence-corrected chi connectivity index (χ2v) is 9.39. The van der Waals surface area contributed by atoms with E-state index >= 15 is 0 Å². The van der Waals surface area contributed by atoms with Crippen LogP contribution >= 0.6 is 11.6 Å². The average molecular weight is 473 g/mol. The molecule has 9 heteroatoms. The Kier molecular flexibility index (Phi) is 8.61. The SMILES string of the molecule is O=C(CNS(=O)(=O)c1ccc(Cl)cc1)N[C@H](CCNc1ccncc1)Cc1ccccc1. The minimum atomic E-state index is -3.81. The highest BCUT2D eigenvalue weighted by Gasteiger charge is 2.18. The maximum absolute atomic E-state index is 12.5. The van der Waals surface area contributed by atoms with Crippen molar-refractivity contribution < 1.29 is 13.2 Å². The molecule has 0 aliphatic carbocycles. The fraction of sp³-hybridized carbons (Fsp3) is 0.217. The monoisotopic (exact) mass is 472 g/mol. The minimum Gasteiger partial charge on any atom is -0.385 e. The van der Waals surface area contributed by atoms with Crippen LogP contribution in [0.15, 0.2) is 84.0 Å². The Morgan fingerprint density at radius 3 is 2.34 bits per heavy atom. The van der Waals surface area contributed by atoms with Gasteiger partial charge in [-0.3, -0.25) is 9.78 Å². The average Bonchev–Trinajstić information content (AvgIpc) is 2.79. The van der Waals surface area contributed by atoms with E-state index in [2.05, 4.69) is 20.3 Å². The van der Waals surface area contributed by atoms with Gasteiger partial charge in [-0.1, -0.05) is 41.9 Å². The molecule has 1 heterocycles. The van der Waals surface area contributed by atoms with E-state index in [1.54, 1.807) is 12.4 Å². The number of amides is 1. The highest BCUT2D eigenvalue weighted by atomic mass is 35.5. The van der Waals surface area contributed by atoms with Gasteiger partial charge in [0.25, 0.3) is 0 Å². The van der Waals surface area contributed by atoms with E-state index in [1.165, 1.54) is 24.3 Å². The molecule has 0 fully saturated rings. The lowest BCUT2D eigenvalue weighted by molar-refractivity contribution is -0.120. The summed E-state index contributed by atoms with van der Waals surface area (Å²) in [6.07, 6.45) is 4.71. The van der Waals surface area contributed by atoms with Crippen LogP contribution in [0.3, 0.4) is 0 Å². The fourth-order valence-electron chi connectivity index (χ4n) is 3.12. The molecule has 1 aromatic heterocycles. The number of rotatable bonds is 11. The van der Waals surface area contributed by atoms with Crippen LogP contribution in [0.25, 0.3) is 0 Å². The number of anilines is 1. The maximum atomic E-state index is 12.5. The molecule has 7 nitrogen and oxygen atoms in total. The Bertz CT molecular complexity index is 1100. The molecule has 0 radical (unpaired) electrons. The van der Waals surface area contributed by atoms with Gasteiger partial charge in [0.1, 0.15) is 0 Å². The first kappa shape index (κ1) is 23.7. The Labute approximate surface area is 193 Å². The largest absolute Gasteiger partial charge is 0.385 e. The molecule has 0 aliphatic rings. The van der Waals surface area contributed by atoms with Gasteiger partial charge in [-0.05, 0) is 54.8 Å². The first-order valence-electron chi connectivity index (χ1n) is 10.1. The van der Waals surface area contributed by atoms with Crippen molar-refractivity contribution in [3.05, 3.63) is 89.7 Å². The van der Waals surface area contributed by atoms with Crippen molar-refractivity contribution in [3.8, 4) is 0 Å². The summed E-state index contributed by atoms with van der Waals surface area (Å²) in [4.78, 5) is 16.6. The van der Waals surface area contributed by atoms with Crippen LogP contribution < -0.4 is 15.4 Å². The Morgan fingerprint density at radius 1 is 0.969 bits per heavy atom. The Balaban J connectivity index is 1.57. The molecule has 1 amide bonds. The van der Waals surface area contributed by atoms with Crippen LogP contribution in [0.1, 0.15) is 12.0 Å². The highest BCUT2D eigenvalue weighted by Crippen LogP contribution is 2.14. The van der Waals surface area contributed by atoms with Crippen molar-refractivity contribution in [1.82, 2.24) is 15.0 Å². The van der Waals surface area contributed by atoms with Crippen molar-refractivity contribution >= 4 is 33.2 Å². The number of nitrogens with zero attached hydrogens (tertiary/aromatic N) is 1. The number of hydrogen-bond acceptors (Lipinski definition) is 5. The Hall–Kier alpha value is -2.94. The smallest absolute Gasteiger partial charge is 0.241 e. The van der Waals surface area contributed by atoms with Gasteiger partial charge in [-0.2, -0.15) is 0 Å². The number of aromatic nitrogens is 1. The second kappa shape index (κ2) is 11.6. The third kappa shape index (κ3) is 7.64. The predicted octanol–water partition coefficient (Wildman–Crippen LogP) is 3.24. The van der Waals surface area contributed by atoms with E-state index in [1.807, 2.05) is 42.5 Å². The van der Waals surface area contributed by atoms with E-state index in [0.29, 0.717) is 24.4 Å². The third-order valence-electron chi connectivity index (χ3n) is 4.74. The highest BCUT2D eigenvalue weighted by molar-refractivity contribution is 7.89. The van der Waals surface area contributed by atoms with E-state index in [9.17, 15) is 13.2 Å². The van der Waals surface area contributed by atoms with E-state index < -0.39 is 15.9 Å². The van der Waals surface area contributed by atoms with Gasteiger partial charge in [0.15, 0.2) is 0 Å². The summed E-state index contributed by atoms with van der Waals surface area (Å²) >= 11 is 5.81. The summed E-state index contributed by atoms with van der Waals surface area (Å²) in [5.74, 6) is -0.396. The van der Waals surface area contributed by atoms with Crippen LogP contribution in [0, 0.1) is 0 Å². The third-order valence-corrected chi connectivity index (χ3v) is 6.41. The van der Waals surface area contributed by atoms with Gasteiger partial charge < -0.3 is 10.6 Å². The standard InChI is InChI=1S/C23H25ClN4O3S/c24-19-6-8-22(9-7-19)32(30,31)27-17-23(29)28-21(16-18-4-2-1-3-5-18)12-15-26-20-10-13-25-14-11-20/h1-11,13-14,21,27H,12,15-17H2,(H,25,26)(H,28,29)/t21-/m1/s1. The molecule has 0 spiro atoms. The summed E-state index contributed by atoms with van der Waals surface area (Å²) in [5.41, 5.74) is 2.03. The second-order valence-electron chi connectivity index (χ2n) is 7.18. The normalized spacial score (nSPS) is 12.2. The summed E-state index contributed by atoms with van der Waals surface area (Å²) in [7, 11) is -3.81. The number of sulfonamides is 1. The van der Waals surface area contributed by atoms with Gasteiger partial charge in [0, 0.05) is 35.7 Å². The zero-order valence-corrected chi connectivity index (χ0v) is 18.9. The minimum absolute atomic E-state index is 0.0529. The van der Waals surface area contributed by atoms with Crippen LogP contribution in [0.5, 0.6) is 0 Å². The molecule has 168 valence electrons.